The Labute approximate surface area is 80.9 Å². The quantitative estimate of drug-likeness (QED) is 0.704. The molecule has 0 spiro atoms. The highest BCUT2D eigenvalue weighted by molar-refractivity contribution is 5.82. The molecular formula is C9H14F3NO. The Balaban J connectivity index is 2.63. The van der Waals surface area contributed by atoms with E-state index in [2.05, 4.69) is 0 Å². The maximum absolute atomic E-state index is 11.9. The van der Waals surface area contributed by atoms with Gasteiger partial charge in [0.2, 0.25) is 0 Å². The molecule has 1 aliphatic rings. The van der Waals surface area contributed by atoms with Crippen LogP contribution in [0.2, 0.25) is 0 Å². The van der Waals surface area contributed by atoms with Crippen LogP contribution in [0.5, 0.6) is 0 Å². The summed E-state index contributed by atoms with van der Waals surface area (Å²) in [5.41, 5.74) is -0.540. The van der Waals surface area contributed by atoms with Crippen LogP contribution in [-0.2, 0) is 4.79 Å². The third kappa shape index (κ3) is 1.48. The lowest BCUT2D eigenvalue weighted by Gasteiger charge is -2.08. The van der Waals surface area contributed by atoms with Gasteiger partial charge in [0.15, 0.2) is 0 Å². The smallest absolute Gasteiger partial charge is 0.344 e. The average Bonchev–Trinajstić information content (AvgIpc) is 2.30. The van der Waals surface area contributed by atoms with Crippen LogP contribution in [0, 0.1) is 10.8 Å². The van der Waals surface area contributed by atoms with Crippen molar-refractivity contribution in [1.29, 1.82) is 0 Å². The van der Waals surface area contributed by atoms with Gasteiger partial charge in [-0.2, -0.15) is 13.2 Å². The SMILES string of the molecule is CC1(C)C(NC(=O)C(F)(F)F)C1(C)C. The Hall–Kier alpha value is -0.740. The van der Waals surface area contributed by atoms with Crippen LogP contribution in [0.3, 0.4) is 0 Å². The van der Waals surface area contributed by atoms with Gasteiger partial charge in [-0.15, -0.1) is 0 Å². The van der Waals surface area contributed by atoms with Crippen LogP contribution < -0.4 is 5.32 Å². The van der Waals surface area contributed by atoms with Crippen LogP contribution in [0.4, 0.5) is 13.2 Å². The highest BCUT2D eigenvalue weighted by Crippen LogP contribution is 2.62. The average molecular weight is 209 g/mol. The summed E-state index contributed by atoms with van der Waals surface area (Å²) in [4.78, 5) is 10.7. The number of alkyl halides is 3. The molecule has 5 heteroatoms. The van der Waals surface area contributed by atoms with Crippen molar-refractivity contribution in [2.75, 3.05) is 0 Å². The van der Waals surface area contributed by atoms with Crippen molar-refractivity contribution in [3.05, 3.63) is 0 Å². The summed E-state index contributed by atoms with van der Waals surface area (Å²) in [5.74, 6) is -1.85. The van der Waals surface area contributed by atoms with Gasteiger partial charge in [0.1, 0.15) is 0 Å². The lowest BCUT2D eigenvalue weighted by molar-refractivity contribution is -0.174. The van der Waals surface area contributed by atoms with Crippen molar-refractivity contribution in [1.82, 2.24) is 5.32 Å². The lowest BCUT2D eigenvalue weighted by Crippen LogP contribution is -2.40. The van der Waals surface area contributed by atoms with E-state index in [9.17, 15) is 18.0 Å². The molecule has 0 aromatic rings. The first kappa shape index (κ1) is 11.3. The second-order valence-electron chi connectivity index (χ2n) is 4.85. The van der Waals surface area contributed by atoms with Gasteiger partial charge in [0.25, 0.3) is 0 Å². The molecule has 2 nitrogen and oxygen atoms in total. The fourth-order valence-corrected chi connectivity index (χ4v) is 1.77. The van der Waals surface area contributed by atoms with E-state index < -0.39 is 18.1 Å². The molecule has 0 saturated heterocycles. The summed E-state index contributed by atoms with van der Waals surface area (Å²) in [6.07, 6.45) is -4.78. The first-order chi connectivity index (χ1) is 6.01. The van der Waals surface area contributed by atoms with Gasteiger partial charge in [-0.1, -0.05) is 27.7 Å². The number of rotatable bonds is 1. The van der Waals surface area contributed by atoms with Crippen molar-refractivity contribution >= 4 is 5.91 Å². The van der Waals surface area contributed by atoms with E-state index in [0.717, 1.165) is 0 Å². The van der Waals surface area contributed by atoms with Crippen LogP contribution >= 0.6 is 0 Å². The summed E-state index contributed by atoms with van der Waals surface area (Å²) < 4.78 is 35.8. The zero-order valence-electron chi connectivity index (χ0n) is 8.62. The van der Waals surface area contributed by atoms with Crippen molar-refractivity contribution in [2.45, 2.75) is 39.9 Å². The van der Waals surface area contributed by atoms with Gasteiger partial charge in [-0.25, -0.2) is 0 Å². The van der Waals surface area contributed by atoms with Crippen molar-refractivity contribution in [3.8, 4) is 0 Å². The van der Waals surface area contributed by atoms with Crippen molar-refractivity contribution < 1.29 is 18.0 Å². The van der Waals surface area contributed by atoms with Crippen LogP contribution in [-0.4, -0.2) is 18.1 Å². The molecule has 0 heterocycles. The van der Waals surface area contributed by atoms with Crippen LogP contribution in [0.1, 0.15) is 27.7 Å². The molecule has 0 radical (unpaired) electrons. The van der Waals surface area contributed by atoms with Gasteiger partial charge in [-0.05, 0) is 10.8 Å². The second-order valence-corrected chi connectivity index (χ2v) is 4.85. The van der Waals surface area contributed by atoms with E-state index in [1.54, 1.807) is 0 Å². The molecule has 1 fully saturated rings. The van der Waals surface area contributed by atoms with Gasteiger partial charge in [0.05, 0.1) is 0 Å². The van der Waals surface area contributed by atoms with Gasteiger partial charge >= 0.3 is 12.1 Å². The monoisotopic (exact) mass is 209 g/mol. The summed E-state index contributed by atoms with van der Waals surface area (Å²) in [7, 11) is 0. The van der Waals surface area contributed by atoms with E-state index in [0.29, 0.717) is 0 Å². The molecule has 1 N–H and O–H groups in total. The fourth-order valence-electron chi connectivity index (χ4n) is 1.77. The minimum Gasteiger partial charge on any atom is -0.344 e. The first-order valence-corrected chi connectivity index (χ1v) is 4.39. The molecule has 0 unspecified atom stereocenters. The summed E-state index contributed by atoms with van der Waals surface area (Å²) in [6.45, 7) is 7.37. The molecule has 14 heavy (non-hydrogen) atoms. The van der Waals surface area contributed by atoms with Crippen LogP contribution in [0.15, 0.2) is 0 Å². The number of amides is 1. The zero-order valence-corrected chi connectivity index (χ0v) is 8.62. The van der Waals surface area contributed by atoms with Crippen LogP contribution in [0.25, 0.3) is 0 Å². The number of carbonyl (C=O) groups is 1. The highest BCUT2D eigenvalue weighted by atomic mass is 19.4. The molecule has 1 amide bonds. The molecule has 0 atom stereocenters. The third-order valence-corrected chi connectivity index (χ3v) is 3.55. The molecule has 1 saturated carbocycles. The summed E-state index contributed by atoms with van der Waals surface area (Å²) >= 11 is 0. The number of hydrogen-bond acceptors (Lipinski definition) is 1. The van der Waals surface area contributed by atoms with E-state index in [-0.39, 0.29) is 10.8 Å². The number of halogens is 3. The van der Waals surface area contributed by atoms with Gasteiger partial charge in [0, 0.05) is 6.04 Å². The summed E-state index contributed by atoms with van der Waals surface area (Å²) in [6, 6.07) is -0.399. The van der Waals surface area contributed by atoms with E-state index in [1.807, 2.05) is 33.0 Å². The summed E-state index contributed by atoms with van der Waals surface area (Å²) in [5, 5.41) is 2.01. The molecule has 82 valence electrons. The molecule has 0 aromatic carbocycles. The standard InChI is InChI=1S/C9H14F3NO/c1-7(2)5(8(7,3)4)13-6(14)9(10,11)12/h5H,1-4H3,(H,13,14). The molecular weight excluding hydrogens is 195 g/mol. The van der Waals surface area contributed by atoms with Crippen molar-refractivity contribution in [3.63, 3.8) is 0 Å². The molecule has 0 aliphatic heterocycles. The minimum atomic E-state index is -4.78. The fraction of sp³-hybridized carbons (Fsp3) is 0.889. The van der Waals surface area contributed by atoms with E-state index >= 15 is 0 Å². The normalized spacial score (nSPS) is 24.5. The Morgan fingerprint density at radius 1 is 1.14 bits per heavy atom. The maximum atomic E-state index is 11.9. The zero-order chi connectivity index (χ0) is 11.4. The van der Waals surface area contributed by atoms with Crippen molar-refractivity contribution in [2.24, 2.45) is 10.8 Å². The maximum Gasteiger partial charge on any atom is 0.471 e. The Morgan fingerprint density at radius 3 is 1.71 bits per heavy atom. The number of carbonyl (C=O) groups excluding carboxylic acids is 1. The molecule has 1 aliphatic carbocycles. The second kappa shape index (κ2) is 2.64. The number of nitrogens with one attached hydrogen (secondary N) is 1. The molecule has 1 rings (SSSR count). The Kier molecular flexibility index (Phi) is 2.14. The number of hydrogen-bond donors (Lipinski definition) is 1. The first-order valence-electron chi connectivity index (χ1n) is 4.39. The van der Waals surface area contributed by atoms with Gasteiger partial charge in [-0.3, -0.25) is 4.79 Å². The topological polar surface area (TPSA) is 29.1 Å². The largest absolute Gasteiger partial charge is 0.471 e. The van der Waals surface area contributed by atoms with E-state index in [4.69, 9.17) is 0 Å². The van der Waals surface area contributed by atoms with E-state index in [1.165, 1.54) is 0 Å². The Morgan fingerprint density at radius 2 is 1.50 bits per heavy atom. The minimum absolute atomic E-state index is 0.270. The van der Waals surface area contributed by atoms with Gasteiger partial charge < -0.3 is 5.32 Å². The predicted molar refractivity (Wildman–Crippen MR) is 45.5 cm³/mol. The Bertz CT molecular complexity index is 254. The molecule has 0 bridgehead atoms. The highest BCUT2D eigenvalue weighted by Gasteiger charge is 2.66. The predicted octanol–water partition coefficient (Wildman–Crippen LogP) is 2.10. The third-order valence-electron chi connectivity index (χ3n) is 3.55. The molecule has 0 aromatic heterocycles. The lowest BCUT2D eigenvalue weighted by atomic mass is 10.0.